The second-order valence-electron chi connectivity index (χ2n) is 5.01. The lowest BCUT2D eigenvalue weighted by Crippen LogP contribution is -2.27. The molecule has 0 aliphatic rings. The summed E-state index contributed by atoms with van der Waals surface area (Å²) in [4.78, 5) is 15.0. The van der Waals surface area contributed by atoms with E-state index in [1.165, 1.54) is 35.9 Å². The van der Waals surface area contributed by atoms with Gasteiger partial charge in [0.1, 0.15) is 0 Å². The Balaban J connectivity index is 0.000000646. The summed E-state index contributed by atoms with van der Waals surface area (Å²) in [5.74, 6) is -2.03. The average Bonchev–Trinajstić information content (AvgIpc) is 3.11. The smallest absolute Gasteiger partial charge is 0.392 e. The number of carbonyl (C=O) groups is 1. The van der Waals surface area contributed by atoms with Crippen LogP contribution in [0.4, 0.5) is 13.2 Å². The molecule has 1 heterocycles. The van der Waals surface area contributed by atoms with Crippen LogP contribution < -0.4 is 5.32 Å². The van der Waals surface area contributed by atoms with Gasteiger partial charge in [0, 0.05) is 22.4 Å². The maximum absolute atomic E-state index is 12.4. The molecule has 11 heteroatoms. The molecule has 1 aromatic carbocycles. The largest absolute Gasteiger partial charge is 0.471 e. The first-order valence-electron chi connectivity index (χ1n) is 7.38. The van der Waals surface area contributed by atoms with Crippen LogP contribution in [0, 0.1) is 5.41 Å². The van der Waals surface area contributed by atoms with Crippen molar-refractivity contribution >= 4 is 23.2 Å². The van der Waals surface area contributed by atoms with Crippen molar-refractivity contribution in [3.05, 3.63) is 47.3 Å². The summed E-state index contributed by atoms with van der Waals surface area (Å²) in [7, 11) is 0. The SMILES string of the molecule is CC(=N)CNC(=O)c1ccc(-c2noc(C(F)(F)F)n2)cc1.OCC=CCl. The molecular weight excluding hydrogens is 389 g/mol. The van der Waals surface area contributed by atoms with Gasteiger partial charge in [-0.3, -0.25) is 4.79 Å². The van der Waals surface area contributed by atoms with Gasteiger partial charge in [0.05, 0.1) is 13.2 Å². The van der Waals surface area contributed by atoms with Crippen molar-refractivity contribution in [3.8, 4) is 11.4 Å². The van der Waals surface area contributed by atoms with Gasteiger partial charge >= 0.3 is 12.1 Å². The second-order valence-corrected chi connectivity index (χ2v) is 5.26. The van der Waals surface area contributed by atoms with Crippen molar-refractivity contribution in [1.82, 2.24) is 15.5 Å². The van der Waals surface area contributed by atoms with Crippen LogP contribution in [-0.2, 0) is 6.18 Å². The third-order valence-corrected chi connectivity index (χ3v) is 2.96. The van der Waals surface area contributed by atoms with Crippen molar-refractivity contribution < 1.29 is 27.6 Å². The number of rotatable bonds is 5. The Morgan fingerprint density at radius 2 is 2.00 bits per heavy atom. The minimum Gasteiger partial charge on any atom is -0.392 e. The molecule has 1 amide bonds. The molecule has 0 atom stereocenters. The van der Waals surface area contributed by atoms with Crippen molar-refractivity contribution in [2.24, 2.45) is 0 Å². The number of aliphatic hydroxyl groups excluding tert-OH is 1. The number of hydrogen-bond acceptors (Lipinski definition) is 6. The number of hydrogen-bond donors (Lipinski definition) is 3. The summed E-state index contributed by atoms with van der Waals surface area (Å²) in [5, 5.41) is 20.9. The van der Waals surface area contributed by atoms with Crippen molar-refractivity contribution in [2.75, 3.05) is 13.2 Å². The first-order valence-corrected chi connectivity index (χ1v) is 7.82. The Labute approximate surface area is 157 Å². The van der Waals surface area contributed by atoms with Gasteiger partial charge in [0.25, 0.3) is 5.91 Å². The highest BCUT2D eigenvalue weighted by Gasteiger charge is 2.38. The third kappa shape index (κ3) is 7.59. The van der Waals surface area contributed by atoms with E-state index in [1.807, 2.05) is 0 Å². The number of amides is 1. The predicted molar refractivity (Wildman–Crippen MR) is 92.5 cm³/mol. The van der Waals surface area contributed by atoms with E-state index in [4.69, 9.17) is 22.1 Å². The van der Waals surface area contributed by atoms with E-state index < -0.39 is 12.1 Å². The molecule has 2 rings (SSSR count). The van der Waals surface area contributed by atoms with Crippen LogP contribution in [0.2, 0.25) is 0 Å². The molecule has 0 spiro atoms. The summed E-state index contributed by atoms with van der Waals surface area (Å²) in [6.45, 7) is 1.71. The maximum Gasteiger partial charge on any atom is 0.471 e. The highest BCUT2D eigenvalue weighted by Crippen LogP contribution is 2.29. The summed E-state index contributed by atoms with van der Waals surface area (Å²) in [6.07, 6.45) is -3.25. The normalized spacial score (nSPS) is 11.0. The van der Waals surface area contributed by atoms with Crippen LogP contribution in [0.1, 0.15) is 23.2 Å². The van der Waals surface area contributed by atoms with Gasteiger partial charge in [0.2, 0.25) is 5.82 Å². The molecule has 0 saturated carbocycles. The van der Waals surface area contributed by atoms with E-state index in [9.17, 15) is 18.0 Å². The van der Waals surface area contributed by atoms with E-state index >= 15 is 0 Å². The minimum atomic E-state index is -4.70. The Kier molecular flexibility index (Phi) is 8.63. The van der Waals surface area contributed by atoms with E-state index in [2.05, 4.69) is 20.0 Å². The fourth-order valence-corrected chi connectivity index (χ4v) is 1.66. The zero-order valence-corrected chi connectivity index (χ0v) is 14.8. The molecule has 0 fully saturated rings. The number of carbonyl (C=O) groups excluding carboxylic acids is 1. The van der Waals surface area contributed by atoms with Crippen LogP contribution in [0.3, 0.4) is 0 Å². The van der Waals surface area contributed by atoms with E-state index in [0.29, 0.717) is 16.8 Å². The van der Waals surface area contributed by atoms with Crippen molar-refractivity contribution in [3.63, 3.8) is 0 Å². The number of halogens is 4. The average molecular weight is 405 g/mol. The van der Waals surface area contributed by atoms with Gasteiger partial charge in [0.15, 0.2) is 0 Å². The van der Waals surface area contributed by atoms with Crippen LogP contribution >= 0.6 is 11.6 Å². The summed E-state index contributed by atoms with van der Waals surface area (Å²) in [6, 6.07) is 5.68. The molecule has 2 aromatic rings. The monoisotopic (exact) mass is 404 g/mol. The van der Waals surface area contributed by atoms with Crippen LogP contribution in [0.5, 0.6) is 0 Å². The highest BCUT2D eigenvalue weighted by molar-refractivity contribution is 6.25. The number of alkyl halides is 3. The Morgan fingerprint density at radius 1 is 1.37 bits per heavy atom. The molecule has 0 aliphatic heterocycles. The topological polar surface area (TPSA) is 112 Å². The van der Waals surface area contributed by atoms with Gasteiger partial charge < -0.3 is 20.4 Å². The molecule has 0 saturated heterocycles. The Bertz CT molecular complexity index is 789. The van der Waals surface area contributed by atoms with E-state index in [-0.39, 0.29) is 24.9 Å². The minimum absolute atomic E-state index is 0.0312. The molecule has 146 valence electrons. The van der Waals surface area contributed by atoms with Crippen LogP contribution in [0.25, 0.3) is 11.4 Å². The van der Waals surface area contributed by atoms with Gasteiger partial charge in [-0.05, 0) is 25.1 Å². The molecule has 0 aliphatic carbocycles. The summed E-state index contributed by atoms with van der Waals surface area (Å²) < 4.78 is 41.2. The Morgan fingerprint density at radius 3 is 2.41 bits per heavy atom. The number of aromatic nitrogens is 2. The molecule has 0 unspecified atom stereocenters. The molecule has 0 bridgehead atoms. The predicted octanol–water partition coefficient (Wildman–Crippen LogP) is 3.26. The lowest BCUT2D eigenvalue weighted by Gasteiger charge is -2.04. The quantitative estimate of drug-likeness (QED) is 0.662. The fraction of sp³-hybridized carbons (Fsp3) is 0.250. The number of benzene rings is 1. The molecule has 0 radical (unpaired) electrons. The standard InChI is InChI=1S/C13H11F3N4O2.C3H5ClO/c1-7(17)6-18-11(21)9-4-2-8(3-5-9)10-19-12(22-20-10)13(14,15)16;4-2-1-3-5/h2-5,17H,6H2,1H3,(H,18,21);1-2,5H,3H2. The highest BCUT2D eigenvalue weighted by atomic mass is 35.5. The molecular formula is C16H16ClF3N4O3. The number of nitrogens with zero attached hydrogens (tertiary/aromatic N) is 2. The summed E-state index contributed by atoms with van der Waals surface area (Å²) >= 11 is 4.96. The maximum atomic E-state index is 12.4. The lowest BCUT2D eigenvalue weighted by molar-refractivity contribution is -0.159. The van der Waals surface area contributed by atoms with Gasteiger partial charge in [-0.2, -0.15) is 18.2 Å². The fourth-order valence-electron chi connectivity index (χ4n) is 1.58. The molecule has 1 aromatic heterocycles. The summed E-state index contributed by atoms with van der Waals surface area (Å²) in [5.41, 5.74) is 2.18. The Hall–Kier alpha value is -2.72. The zero-order chi connectivity index (χ0) is 20.4. The third-order valence-electron chi connectivity index (χ3n) is 2.78. The van der Waals surface area contributed by atoms with E-state index in [1.54, 1.807) is 6.92 Å². The number of nitrogens with one attached hydrogen (secondary N) is 2. The zero-order valence-electron chi connectivity index (χ0n) is 14.0. The molecule has 3 N–H and O–H groups in total. The van der Waals surface area contributed by atoms with Gasteiger partial charge in [-0.25, -0.2) is 0 Å². The second kappa shape index (κ2) is 10.4. The van der Waals surface area contributed by atoms with Gasteiger partial charge in [-0.1, -0.05) is 28.9 Å². The van der Waals surface area contributed by atoms with Crippen molar-refractivity contribution in [2.45, 2.75) is 13.1 Å². The lowest BCUT2D eigenvalue weighted by atomic mass is 10.1. The number of aliphatic hydroxyl groups is 1. The first kappa shape index (κ1) is 22.3. The first-order chi connectivity index (χ1) is 12.7. The van der Waals surface area contributed by atoms with Gasteiger partial charge in [-0.15, -0.1) is 0 Å². The van der Waals surface area contributed by atoms with Crippen molar-refractivity contribution in [1.29, 1.82) is 5.41 Å². The molecule has 27 heavy (non-hydrogen) atoms. The van der Waals surface area contributed by atoms with Crippen LogP contribution in [-0.4, -0.2) is 40.0 Å². The van der Waals surface area contributed by atoms with Crippen LogP contribution in [0.15, 0.2) is 40.4 Å². The van der Waals surface area contributed by atoms with E-state index in [0.717, 1.165) is 0 Å². The molecule has 7 nitrogen and oxygen atoms in total.